The van der Waals surface area contributed by atoms with Crippen LogP contribution in [0.4, 0.5) is 0 Å². The van der Waals surface area contributed by atoms with Gasteiger partial charge in [0.2, 0.25) is 0 Å². The second-order valence-corrected chi connectivity index (χ2v) is 5.27. The first-order valence-corrected chi connectivity index (χ1v) is 6.38. The minimum Gasteiger partial charge on any atom is -0.412 e. The van der Waals surface area contributed by atoms with E-state index < -0.39 is 0 Å². The highest BCUT2D eigenvalue weighted by Crippen LogP contribution is 2.35. The maximum atomic E-state index is 6.08. The highest BCUT2D eigenvalue weighted by Gasteiger charge is 2.39. The van der Waals surface area contributed by atoms with Gasteiger partial charge in [-0.2, -0.15) is 0 Å². The SMILES string of the molecule is Cl.NC1CC2CCC(C1)N2Cc1ccccc1.O. The molecule has 2 saturated heterocycles. The summed E-state index contributed by atoms with van der Waals surface area (Å²) in [7, 11) is 0. The topological polar surface area (TPSA) is 60.8 Å². The number of halogens is 1. The van der Waals surface area contributed by atoms with Gasteiger partial charge in [0.1, 0.15) is 0 Å². The van der Waals surface area contributed by atoms with E-state index in [9.17, 15) is 0 Å². The highest BCUT2D eigenvalue weighted by atomic mass is 35.5. The Kier molecular flexibility index (Phi) is 5.60. The van der Waals surface area contributed by atoms with E-state index in [0.717, 1.165) is 18.6 Å². The molecule has 2 atom stereocenters. The molecule has 0 saturated carbocycles. The number of nitrogens with two attached hydrogens (primary N) is 1. The van der Waals surface area contributed by atoms with Crippen LogP contribution in [0.25, 0.3) is 0 Å². The molecular formula is C14H23ClN2O. The van der Waals surface area contributed by atoms with Crippen molar-refractivity contribution in [3.8, 4) is 0 Å². The molecule has 102 valence electrons. The molecule has 0 amide bonds. The summed E-state index contributed by atoms with van der Waals surface area (Å²) in [4.78, 5) is 2.68. The van der Waals surface area contributed by atoms with E-state index in [0.29, 0.717) is 6.04 Å². The van der Waals surface area contributed by atoms with Crippen LogP contribution in [0.2, 0.25) is 0 Å². The Morgan fingerprint density at radius 2 is 1.61 bits per heavy atom. The zero-order chi connectivity index (χ0) is 11.0. The van der Waals surface area contributed by atoms with Gasteiger partial charge < -0.3 is 11.2 Å². The molecule has 3 rings (SSSR count). The van der Waals surface area contributed by atoms with Crippen molar-refractivity contribution in [2.75, 3.05) is 0 Å². The fraction of sp³-hybridized carbons (Fsp3) is 0.571. The lowest BCUT2D eigenvalue weighted by Crippen LogP contribution is -2.46. The predicted octanol–water partition coefficient (Wildman–Crippen LogP) is 1.74. The summed E-state index contributed by atoms with van der Waals surface area (Å²) in [6.45, 7) is 1.11. The summed E-state index contributed by atoms with van der Waals surface area (Å²) in [6, 6.07) is 12.7. The normalized spacial score (nSPS) is 30.4. The number of nitrogens with zero attached hydrogens (tertiary/aromatic N) is 1. The molecular weight excluding hydrogens is 248 g/mol. The van der Waals surface area contributed by atoms with E-state index >= 15 is 0 Å². The van der Waals surface area contributed by atoms with Gasteiger partial charge in [0.25, 0.3) is 0 Å². The van der Waals surface area contributed by atoms with Gasteiger partial charge in [0.05, 0.1) is 0 Å². The van der Waals surface area contributed by atoms with Crippen molar-refractivity contribution in [1.82, 2.24) is 4.90 Å². The van der Waals surface area contributed by atoms with Gasteiger partial charge in [-0.25, -0.2) is 0 Å². The van der Waals surface area contributed by atoms with Crippen LogP contribution in [0.15, 0.2) is 30.3 Å². The Morgan fingerprint density at radius 1 is 1.06 bits per heavy atom. The Labute approximate surface area is 115 Å². The lowest BCUT2D eigenvalue weighted by atomic mass is 9.97. The lowest BCUT2D eigenvalue weighted by Gasteiger charge is -2.37. The van der Waals surface area contributed by atoms with Crippen molar-refractivity contribution in [1.29, 1.82) is 0 Å². The van der Waals surface area contributed by atoms with Crippen molar-refractivity contribution in [2.45, 2.75) is 50.4 Å². The quantitative estimate of drug-likeness (QED) is 0.890. The third kappa shape index (κ3) is 3.04. The van der Waals surface area contributed by atoms with Gasteiger partial charge in [-0.05, 0) is 31.2 Å². The largest absolute Gasteiger partial charge is 0.412 e. The molecule has 0 aromatic heterocycles. The number of hydrogen-bond acceptors (Lipinski definition) is 2. The molecule has 4 heteroatoms. The molecule has 2 bridgehead atoms. The minimum absolute atomic E-state index is 0. The van der Waals surface area contributed by atoms with E-state index in [1.54, 1.807) is 0 Å². The first-order chi connectivity index (χ1) is 7.83. The van der Waals surface area contributed by atoms with Gasteiger partial charge >= 0.3 is 0 Å². The summed E-state index contributed by atoms with van der Waals surface area (Å²) < 4.78 is 0. The summed E-state index contributed by atoms with van der Waals surface area (Å²) in [5, 5.41) is 0. The zero-order valence-corrected chi connectivity index (χ0v) is 11.4. The van der Waals surface area contributed by atoms with Crippen molar-refractivity contribution >= 4 is 12.4 Å². The van der Waals surface area contributed by atoms with E-state index in [1.807, 2.05) is 0 Å². The molecule has 0 aliphatic carbocycles. The van der Waals surface area contributed by atoms with Crippen molar-refractivity contribution in [3.05, 3.63) is 35.9 Å². The fourth-order valence-corrected chi connectivity index (χ4v) is 3.37. The molecule has 2 unspecified atom stereocenters. The monoisotopic (exact) mass is 270 g/mol. The Morgan fingerprint density at radius 3 is 2.17 bits per heavy atom. The summed E-state index contributed by atoms with van der Waals surface area (Å²) >= 11 is 0. The molecule has 0 spiro atoms. The van der Waals surface area contributed by atoms with Crippen LogP contribution in [0, 0.1) is 0 Å². The van der Waals surface area contributed by atoms with Crippen molar-refractivity contribution in [3.63, 3.8) is 0 Å². The van der Waals surface area contributed by atoms with Crippen LogP contribution in [0.5, 0.6) is 0 Å². The molecule has 2 fully saturated rings. The maximum Gasteiger partial charge on any atom is 0.0239 e. The second kappa shape index (κ2) is 6.53. The average Bonchev–Trinajstić information content (AvgIpc) is 2.54. The molecule has 2 aliphatic rings. The Bertz CT molecular complexity index is 346. The van der Waals surface area contributed by atoms with Crippen LogP contribution in [0.1, 0.15) is 31.2 Å². The zero-order valence-electron chi connectivity index (χ0n) is 10.6. The predicted molar refractivity (Wildman–Crippen MR) is 76.9 cm³/mol. The number of hydrogen-bond donors (Lipinski definition) is 1. The molecule has 1 aromatic rings. The minimum atomic E-state index is 0. The van der Waals surface area contributed by atoms with Gasteiger partial charge in [-0.3, -0.25) is 4.90 Å². The third-order valence-corrected chi connectivity index (χ3v) is 4.13. The van der Waals surface area contributed by atoms with Crippen LogP contribution in [-0.2, 0) is 6.54 Å². The number of fused-ring (bicyclic) bond motifs is 2. The van der Waals surface area contributed by atoms with Gasteiger partial charge in [-0.15, -0.1) is 12.4 Å². The molecule has 0 radical (unpaired) electrons. The average molecular weight is 271 g/mol. The first-order valence-electron chi connectivity index (χ1n) is 6.38. The maximum absolute atomic E-state index is 6.08. The van der Waals surface area contributed by atoms with E-state index in [4.69, 9.17) is 5.73 Å². The van der Waals surface area contributed by atoms with Gasteiger partial charge in [-0.1, -0.05) is 30.3 Å². The van der Waals surface area contributed by atoms with E-state index in [-0.39, 0.29) is 17.9 Å². The smallest absolute Gasteiger partial charge is 0.0239 e. The highest BCUT2D eigenvalue weighted by molar-refractivity contribution is 5.85. The van der Waals surface area contributed by atoms with Crippen LogP contribution < -0.4 is 5.73 Å². The second-order valence-electron chi connectivity index (χ2n) is 5.27. The number of piperidine rings is 1. The Balaban J connectivity index is 0.000000810. The van der Waals surface area contributed by atoms with Crippen LogP contribution in [0.3, 0.4) is 0 Å². The lowest BCUT2D eigenvalue weighted by molar-refractivity contribution is 0.120. The van der Waals surface area contributed by atoms with E-state index in [1.165, 1.54) is 31.2 Å². The molecule has 4 N–H and O–H groups in total. The Hall–Kier alpha value is -0.610. The summed E-state index contributed by atoms with van der Waals surface area (Å²) in [6.07, 6.45) is 5.10. The standard InChI is InChI=1S/C14H20N2.ClH.H2O/c15-12-8-13-6-7-14(9-12)16(13)10-11-4-2-1-3-5-11;;/h1-5,12-14H,6-10,15H2;1H;1H2. The fourth-order valence-electron chi connectivity index (χ4n) is 3.37. The number of rotatable bonds is 2. The third-order valence-electron chi connectivity index (χ3n) is 4.13. The first kappa shape index (κ1) is 15.4. The summed E-state index contributed by atoms with van der Waals surface area (Å²) in [5.74, 6) is 0. The van der Waals surface area contributed by atoms with Crippen LogP contribution in [-0.4, -0.2) is 28.5 Å². The molecule has 2 heterocycles. The molecule has 2 aliphatic heterocycles. The van der Waals surface area contributed by atoms with E-state index in [2.05, 4.69) is 35.2 Å². The number of benzene rings is 1. The van der Waals surface area contributed by atoms with Gasteiger partial charge in [0, 0.05) is 24.7 Å². The van der Waals surface area contributed by atoms with Gasteiger partial charge in [0.15, 0.2) is 0 Å². The van der Waals surface area contributed by atoms with Crippen molar-refractivity contribution in [2.24, 2.45) is 5.73 Å². The molecule has 1 aromatic carbocycles. The van der Waals surface area contributed by atoms with Crippen molar-refractivity contribution < 1.29 is 5.48 Å². The molecule has 3 nitrogen and oxygen atoms in total. The van der Waals surface area contributed by atoms with Crippen LogP contribution >= 0.6 is 12.4 Å². The summed E-state index contributed by atoms with van der Waals surface area (Å²) in [5.41, 5.74) is 7.52. The molecule has 18 heavy (non-hydrogen) atoms.